The third-order valence-electron chi connectivity index (χ3n) is 1.88. The second-order valence-electron chi connectivity index (χ2n) is 3.13. The lowest BCUT2D eigenvalue weighted by atomic mass is 10.2. The minimum absolute atomic E-state index is 0.300. The molecule has 1 aromatic rings. The topological polar surface area (TPSA) is 29.1 Å². The zero-order chi connectivity index (χ0) is 12.0. The predicted molar refractivity (Wildman–Crippen MR) is 60.9 cm³/mol. The highest BCUT2D eigenvalue weighted by Gasteiger charge is 2.14. The molecule has 0 aliphatic heterocycles. The van der Waals surface area contributed by atoms with E-state index < -0.39 is 5.76 Å². The number of carbonyl (C=O) groups excluding carboxylic acids is 1. The molecule has 0 spiro atoms. The Labute approximate surface area is 97.4 Å². The van der Waals surface area contributed by atoms with Crippen LogP contribution in [0.15, 0.2) is 29.2 Å². The van der Waals surface area contributed by atoms with Crippen molar-refractivity contribution in [3.05, 3.63) is 29.8 Å². The Morgan fingerprint density at radius 3 is 2.75 bits per heavy atom. The lowest BCUT2D eigenvalue weighted by molar-refractivity contribution is 0.0950. The maximum absolute atomic E-state index is 12.2. The molecular weight excluding hydrogens is 232 g/mol. The lowest BCUT2D eigenvalue weighted by Gasteiger charge is -2.08. The number of carbonyl (C=O) groups is 1. The van der Waals surface area contributed by atoms with E-state index in [1.807, 2.05) is 6.92 Å². The van der Waals surface area contributed by atoms with Gasteiger partial charge in [0.1, 0.15) is 0 Å². The summed E-state index contributed by atoms with van der Waals surface area (Å²) < 4.78 is 24.5. The Morgan fingerprint density at radius 2 is 2.12 bits per heavy atom. The quantitative estimate of drug-likeness (QED) is 0.807. The lowest BCUT2D eigenvalue weighted by Crippen LogP contribution is -2.24. The summed E-state index contributed by atoms with van der Waals surface area (Å²) in [5.74, 6) is -2.81. The maximum atomic E-state index is 12.2. The summed E-state index contributed by atoms with van der Waals surface area (Å²) >= 11 is 0.393. The van der Waals surface area contributed by atoms with Crippen LogP contribution >= 0.6 is 11.8 Å². The highest BCUT2D eigenvalue weighted by molar-refractivity contribution is 7.99. The van der Waals surface area contributed by atoms with Crippen LogP contribution in [0.1, 0.15) is 23.7 Å². The number of alkyl halides is 2. The van der Waals surface area contributed by atoms with Gasteiger partial charge in [0.2, 0.25) is 0 Å². The Morgan fingerprint density at radius 1 is 1.44 bits per heavy atom. The van der Waals surface area contributed by atoms with Gasteiger partial charge < -0.3 is 5.32 Å². The smallest absolute Gasteiger partial charge is 0.288 e. The standard InChI is InChI=1S/C11H13F2NOS/c1-2-7-14-10(15)8-5-3-4-6-9(8)16-11(12)13/h3-6,11H,2,7H2,1H3,(H,14,15). The second-order valence-corrected chi connectivity index (χ2v) is 4.16. The van der Waals surface area contributed by atoms with Crippen molar-refractivity contribution in [3.63, 3.8) is 0 Å². The zero-order valence-electron chi connectivity index (χ0n) is 8.87. The molecule has 5 heteroatoms. The summed E-state index contributed by atoms with van der Waals surface area (Å²) in [4.78, 5) is 11.9. The van der Waals surface area contributed by atoms with E-state index in [4.69, 9.17) is 0 Å². The number of nitrogens with one attached hydrogen (secondary N) is 1. The first-order valence-electron chi connectivity index (χ1n) is 4.97. The van der Waals surface area contributed by atoms with Crippen LogP contribution in [0.2, 0.25) is 0 Å². The Hall–Kier alpha value is -1.10. The van der Waals surface area contributed by atoms with E-state index in [9.17, 15) is 13.6 Å². The molecule has 0 radical (unpaired) electrons. The van der Waals surface area contributed by atoms with Crippen LogP contribution in [0.4, 0.5) is 8.78 Å². The van der Waals surface area contributed by atoms with Gasteiger partial charge in [-0.05, 0) is 18.6 Å². The van der Waals surface area contributed by atoms with Crippen molar-refractivity contribution in [1.29, 1.82) is 0 Å². The van der Waals surface area contributed by atoms with E-state index in [0.29, 0.717) is 28.8 Å². The molecule has 0 atom stereocenters. The molecule has 1 rings (SSSR count). The molecule has 0 saturated carbocycles. The van der Waals surface area contributed by atoms with E-state index in [-0.39, 0.29) is 5.91 Å². The first kappa shape index (κ1) is 13.0. The summed E-state index contributed by atoms with van der Waals surface area (Å²) in [6.07, 6.45) is 0.815. The normalized spacial score (nSPS) is 10.5. The molecule has 1 N–H and O–H groups in total. The second kappa shape index (κ2) is 6.48. The Balaban J connectivity index is 2.81. The van der Waals surface area contributed by atoms with Gasteiger partial charge in [0.05, 0.1) is 5.56 Å². The first-order chi connectivity index (χ1) is 7.65. The monoisotopic (exact) mass is 245 g/mol. The number of thioether (sulfide) groups is 1. The van der Waals surface area contributed by atoms with Gasteiger partial charge >= 0.3 is 0 Å². The summed E-state index contributed by atoms with van der Waals surface area (Å²) in [6.45, 7) is 2.48. The van der Waals surface area contributed by atoms with Crippen LogP contribution in [0.25, 0.3) is 0 Å². The molecule has 0 aliphatic carbocycles. The van der Waals surface area contributed by atoms with Gasteiger partial charge in [-0.1, -0.05) is 30.8 Å². The first-order valence-corrected chi connectivity index (χ1v) is 5.85. The fourth-order valence-electron chi connectivity index (χ4n) is 1.19. The van der Waals surface area contributed by atoms with E-state index in [0.717, 1.165) is 6.42 Å². The molecule has 2 nitrogen and oxygen atoms in total. The third-order valence-corrected chi connectivity index (χ3v) is 2.67. The van der Waals surface area contributed by atoms with Crippen molar-refractivity contribution in [2.45, 2.75) is 24.0 Å². The van der Waals surface area contributed by atoms with Crippen molar-refractivity contribution < 1.29 is 13.6 Å². The van der Waals surface area contributed by atoms with Crippen molar-refractivity contribution in [2.75, 3.05) is 6.54 Å². The summed E-state index contributed by atoms with van der Waals surface area (Å²) in [5, 5.41) is 2.67. The molecule has 16 heavy (non-hydrogen) atoms. The van der Waals surface area contributed by atoms with Crippen LogP contribution in [0.5, 0.6) is 0 Å². The fraction of sp³-hybridized carbons (Fsp3) is 0.364. The van der Waals surface area contributed by atoms with Crippen molar-refractivity contribution in [3.8, 4) is 0 Å². The van der Waals surface area contributed by atoms with E-state index in [1.165, 1.54) is 6.07 Å². The number of rotatable bonds is 5. The molecule has 0 unspecified atom stereocenters. The van der Waals surface area contributed by atoms with E-state index in [2.05, 4.69) is 5.32 Å². The van der Waals surface area contributed by atoms with E-state index in [1.54, 1.807) is 18.2 Å². The molecule has 0 saturated heterocycles. The number of amides is 1. The molecule has 1 aromatic carbocycles. The van der Waals surface area contributed by atoms with Gasteiger partial charge in [-0.25, -0.2) is 0 Å². The van der Waals surface area contributed by atoms with E-state index >= 15 is 0 Å². The molecule has 0 fully saturated rings. The summed E-state index contributed by atoms with van der Waals surface area (Å²) in [7, 11) is 0. The SMILES string of the molecule is CCCNC(=O)c1ccccc1SC(F)F. The molecular formula is C11H13F2NOS. The minimum atomic E-state index is -2.51. The van der Waals surface area contributed by atoms with Crippen LogP contribution < -0.4 is 5.32 Å². The average molecular weight is 245 g/mol. The van der Waals surface area contributed by atoms with Gasteiger partial charge in [-0.2, -0.15) is 8.78 Å². The van der Waals surface area contributed by atoms with Crippen molar-refractivity contribution >= 4 is 17.7 Å². The van der Waals surface area contributed by atoms with Crippen LogP contribution in [-0.2, 0) is 0 Å². The van der Waals surface area contributed by atoms with Crippen molar-refractivity contribution in [2.24, 2.45) is 0 Å². The average Bonchev–Trinajstić information content (AvgIpc) is 2.26. The largest absolute Gasteiger partial charge is 0.352 e. The number of hydrogen-bond acceptors (Lipinski definition) is 2. The van der Waals surface area contributed by atoms with Gasteiger partial charge in [0.25, 0.3) is 11.7 Å². The third kappa shape index (κ3) is 3.81. The predicted octanol–water partition coefficient (Wildman–Crippen LogP) is 3.14. The van der Waals surface area contributed by atoms with Gasteiger partial charge in [-0.3, -0.25) is 4.79 Å². The molecule has 0 aromatic heterocycles. The molecule has 1 amide bonds. The highest BCUT2D eigenvalue weighted by Crippen LogP contribution is 2.28. The van der Waals surface area contributed by atoms with Gasteiger partial charge in [0.15, 0.2) is 0 Å². The molecule has 0 heterocycles. The van der Waals surface area contributed by atoms with Crippen molar-refractivity contribution in [1.82, 2.24) is 5.32 Å². The fourth-order valence-corrected chi connectivity index (χ4v) is 1.82. The number of halogens is 2. The Bertz CT molecular complexity index is 358. The molecule has 0 bridgehead atoms. The number of hydrogen-bond donors (Lipinski definition) is 1. The van der Waals surface area contributed by atoms with Crippen LogP contribution in [0.3, 0.4) is 0 Å². The zero-order valence-corrected chi connectivity index (χ0v) is 9.69. The minimum Gasteiger partial charge on any atom is -0.352 e. The Kier molecular flexibility index (Phi) is 5.25. The van der Waals surface area contributed by atoms with Crippen LogP contribution in [-0.4, -0.2) is 18.2 Å². The molecule has 0 aliphatic rings. The summed E-state index contributed by atoms with van der Waals surface area (Å²) in [6, 6.07) is 6.38. The molecule has 88 valence electrons. The van der Waals surface area contributed by atoms with Gasteiger partial charge in [-0.15, -0.1) is 0 Å². The maximum Gasteiger partial charge on any atom is 0.288 e. The summed E-state index contributed by atoms with van der Waals surface area (Å²) in [5.41, 5.74) is 0.307. The number of benzene rings is 1. The van der Waals surface area contributed by atoms with Gasteiger partial charge in [0, 0.05) is 11.4 Å². The van der Waals surface area contributed by atoms with Crippen LogP contribution in [0, 0.1) is 0 Å². The highest BCUT2D eigenvalue weighted by atomic mass is 32.2.